The average Bonchev–Trinajstić information content (AvgIpc) is 3.00. The van der Waals surface area contributed by atoms with Gasteiger partial charge in [-0.2, -0.15) is 0 Å². The third-order valence-electron chi connectivity index (χ3n) is 3.48. The second kappa shape index (κ2) is 6.99. The number of nitrogens with zero attached hydrogens (tertiary/aromatic N) is 1. The topological polar surface area (TPSA) is 32.3 Å². The molecular weight excluding hydrogens is 358 g/mol. The number of anilines is 1. The minimum atomic E-state index is -0.291. The Balaban J connectivity index is 1.76. The van der Waals surface area contributed by atoms with Crippen LogP contribution in [-0.4, -0.2) is 23.2 Å². The molecule has 1 heterocycles. The van der Waals surface area contributed by atoms with Crippen LogP contribution >= 0.6 is 35.0 Å². The van der Waals surface area contributed by atoms with Crippen molar-refractivity contribution in [3.8, 4) is 0 Å². The van der Waals surface area contributed by atoms with E-state index >= 15 is 0 Å². The lowest BCUT2D eigenvalue weighted by Gasteiger charge is -2.24. The van der Waals surface area contributed by atoms with Crippen molar-refractivity contribution < 1.29 is 9.18 Å². The maximum Gasteiger partial charge on any atom is 0.323 e. The number of benzene rings is 2. The predicted octanol–water partition coefficient (Wildman–Crippen LogP) is 5.41. The third kappa shape index (κ3) is 3.74. The van der Waals surface area contributed by atoms with Crippen molar-refractivity contribution in [1.82, 2.24) is 4.90 Å². The average molecular weight is 371 g/mol. The first-order valence-corrected chi connectivity index (χ1v) is 8.75. The largest absolute Gasteiger partial charge is 0.323 e. The highest BCUT2D eigenvalue weighted by atomic mass is 35.5. The molecule has 2 aromatic carbocycles. The van der Waals surface area contributed by atoms with E-state index in [-0.39, 0.29) is 17.2 Å². The van der Waals surface area contributed by atoms with Gasteiger partial charge < -0.3 is 10.2 Å². The lowest BCUT2D eigenvalue weighted by Crippen LogP contribution is -2.34. The summed E-state index contributed by atoms with van der Waals surface area (Å²) in [5.74, 6) is 0.532. The van der Waals surface area contributed by atoms with Gasteiger partial charge in [-0.1, -0.05) is 35.3 Å². The molecule has 0 aromatic heterocycles. The Hall–Kier alpha value is -1.43. The molecular formula is C16H13Cl2FN2OS. The summed E-state index contributed by atoms with van der Waals surface area (Å²) in [7, 11) is 0. The third-order valence-corrected chi connectivity index (χ3v) is 5.29. The quantitative estimate of drug-likeness (QED) is 0.765. The van der Waals surface area contributed by atoms with E-state index in [0.717, 1.165) is 11.3 Å². The highest BCUT2D eigenvalue weighted by Crippen LogP contribution is 2.38. The zero-order chi connectivity index (χ0) is 16.4. The van der Waals surface area contributed by atoms with E-state index in [0.29, 0.717) is 22.3 Å². The van der Waals surface area contributed by atoms with Gasteiger partial charge in [0.2, 0.25) is 0 Å². The van der Waals surface area contributed by atoms with E-state index in [4.69, 9.17) is 23.2 Å². The zero-order valence-electron chi connectivity index (χ0n) is 11.9. The Morgan fingerprint density at radius 3 is 2.65 bits per heavy atom. The van der Waals surface area contributed by atoms with E-state index in [1.807, 2.05) is 0 Å². The van der Waals surface area contributed by atoms with Crippen LogP contribution in [0.1, 0.15) is 10.9 Å². The van der Waals surface area contributed by atoms with E-state index in [1.165, 1.54) is 12.1 Å². The van der Waals surface area contributed by atoms with Crippen LogP contribution in [0.25, 0.3) is 0 Å². The molecule has 3 rings (SSSR count). The van der Waals surface area contributed by atoms with Crippen LogP contribution < -0.4 is 5.32 Å². The molecule has 1 atom stereocenters. The summed E-state index contributed by atoms with van der Waals surface area (Å²) >= 11 is 13.6. The minimum absolute atomic E-state index is 0.137. The molecule has 120 valence electrons. The molecule has 0 spiro atoms. The normalized spacial score (nSPS) is 17.3. The molecule has 1 aliphatic heterocycles. The first kappa shape index (κ1) is 16.4. The van der Waals surface area contributed by atoms with Crippen LogP contribution in [0.15, 0.2) is 42.5 Å². The molecule has 0 bridgehead atoms. The lowest BCUT2D eigenvalue weighted by atomic mass is 10.2. The molecule has 2 amide bonds. The summed E-state index contributed by atoms with van der Waals surface area (Å²) in [5, 5.41) is 3.56. The number of hydrogen-bond donors (Lipinski definition) is 1. The maximum atomic E-state index is 13.1. The molecule has 23 heavy (non-hydrogen) atoms. The van der Waals surface area contributed by atoms with Crippen molar-refractivity contribution in [1.29, 1.82) is 0 Å². The number of carbonyl (C=O) groups is 1. The molecule has 2 aromatic rings. The Labute approximate surface area is 147 Å². The standard InChI is InChI=1S/C16H13Cl2FN2OS/c17-11-3-6-14(13(18)9-11)20-16(22)21-7-8-23-15(21)10-1-4-12(19)5-2-10/h1-6,9,15H,7-8H2,(H,20,22). The van der Waals surface area contributed by atoms with Crippen LogP contribution in [0, 0.1) is 5.82 Å². The lowest BCUT2D eigenvalue weighted by molar-refractivity contribution is 0.214. The van der Waals surface area contributed by atoms with Crippen LogP contribution in [-0.2, 0) is 0 Å². The van der Waals surface area contributed by atoms with Crippen molar-refractivity contribution >= 4 is 46.7 Å². The van der Waals surface area contributed by atoms with E-state index < -0.39 is 0 Å². The fraction of sp³-hybridized carbons (Fsp3) is 0.188. The van der Waals surface area contributed by atoms with E-state index in [9.17, 15) is 9.18 Å². The second-order valence-corrected chi connectivity index (χ2v) is 7.05. The molecule has 1 fully saturated rings. The van der Waals surface area contributed by atoms with Crippen LogP contribution in [0.2, 0.25) is 10.0 Å². The zero-order valence-corrected chi connectivity index (χ0v) is 14.3. The first-order chi connectivity index (χ1) is 11.0. The van der Waals surface area contributed by atoms with Crippen molar-refractivity contribution in [2.75, 3.05) is 17.6 Å². The first-order valence-electron chi connectivity index (χ1n) is 6.94. The molecule has 3 nitrogen and oxygen atoms in total. The molecule has 0 saturated carbocycles. The number of rotatable bonds is 2. The number of halogens is 3. The SMILES string of the molecule is O=C(Nc1ccc(Cl)cc1Cl)N1CCSC1c1ccc(F)cc1. The monoisotopic (exact) mass is 370 g/mol. The Kier molecular flexibility index (Phi) is 4.99. The van der Waals surface area contributed by atoms with Gasteiger partial charge in [0.1, 0.15) is 11.2 Å². The van der Waals surface area contributed by atoms with Gasteiger partial charge in [0.25, 0.3) is 0 Å². The van der Waals surface area contributed by atoms with Gasteiger partial charge in [-0.05, 0) is 35.9 Å². The Morgan fingerprint density at radius 1 is 1.22 bits per heavy atom. The van der Waals surface area contributed by atoms with Gasteiger partial charge in [-0.3, -0.25) is 0 Å². The number of thioether (sulfide) groups is 1. The fourth-order valence-corrected chi connectivity index (χ4v) is 4.07. The van der Waals surface area contributed by atoms with Gasteiger partial charge in [-0.25, -0.2) is 9.18 Å². The minimum Gasteiger partial charge on any atom is -0.308 e. The van der Waals surface area contributed by atoms with Gasteiger partial charge in [-0.15, -0.1) is 11.8 Å². The molecule has 7 heteroatoms. The van der Waals surface area contributed by atoms with Gasteiger partial charge in [0, 0.05) is 17.3 Å². The molecule has 1 saturated heterocycles. The second-order valence-electron chi connectivity index (χ2n) is 5.02. The van der Waals surface area contributed by atoms with Crippen LogP contribution in [0.5, 0.6) is 0 Å². The number of hydrogen-bond acceptors (Lipinski definition) is 2. The Bertz CT molecular complexity index is 727. The molecule has 1 N–H and O–H groups in total. The number of urea groups is 1. The van der Waals surface area contributed by atoms with Gasteiger partial charge in [0.15, 0.2) is 0 Å². The van der Waals surface area contributed by atoms with E-state index in [1.54, 1.807) is 47.0 Å². The summed E-state index contributed by atoms with van der Waals surface area (Å²) in [6.07, 6.45) is 0. The number of nitrogens with one attached hydrogen (secondary N) is 1. The molecule has 1 unspecified atom stereocenters. The number of carbonyl (C=O) groups excluding carboxylic acids is 1. The summed E-state index contributed by atoms with van der Waals surface area (Å²) in [6.45, 7) is 0.615. The molecule has 1 aliphatic rings. The van der Waals surface area contributed by atoms with Crippen LogP contribution in [0.3, 0.4) is 0 Å². The predicted molar refractivity (Wildman–Crippen MR) is 93.8 cm³/mol. The summed E-state index contributed by atoms with van der Waals surface area (Å²) in [4.78, 5) is 14.2. The summed E-state index contributed by atoms with van der Waals surface area (Å²) < 4.78 is 13.1. The number of amides is 2. The van der Waals surface area contributed by atoms with Crippen molar-refractivity contribution in [2.45, 2.75) is 5.37 Å². The van der Waals surface area contributed by atoms with Gasteiger partial charge in [0.05, 0.1) is 10.7 Å². The molecule has 0 aliphatic carbocycles. The highest BCUT2D eigenvalue weighted by molar-refractivity contribution is 7.99. The van der Waals surface area contributed by atoms with Gasteiger partial charge >= 0.3 is 6.03 Å². The van der Waals surface area contributed by atoms with Crippen molar-refractivity contribution in [3.05, 3.63) is 63.9 Å². The van der Waals surface area contributed by atoms with Crippen molar-refractivity contribution in [2.24, 2.45) is 0 Å². The summed E-state index contributed by atoms with van der Waals surface area (Å²) in [6, 6.07) is 10.9. The summed E-state index contributed by atoms with van der Waals surface area (Å²) in [5.41, 5.74) is 1.40. The maximum absolute atomic E-state index is 13.1. The fourth-order valence-electron chi connectivity index (χ4n) is 2.36. The smallest absolute Gasteiger partial charge is 0.308 e. The van der Waals surface area contributed by atoms with E-state index in [2.05, 4.69) is 5.32 Å². The Morgan fingerprint density at radius 2 is 1.96 bits per heavy atom. The van der Waals surface area contributed by atoms with Crippen LogP contribution in [0.4, 0.5) is 14.9 Å². The highest BCUT2D eigenvalue weighted by Gasteiger charge is 2.30. The van der Waals surface area contributed by atoms with Crippen molar-refractivity contribution in [3.63, 3.8) is 0 Å². The molecule has 0 radical (unpaired) electrons.